The molecule has 0 atom stereocenters. The smallest absolute Gasteiger partial charge is 0.253 e. The molecule has 2 rings (SSSR count). The second-order valence-corrected chi connectivity index (χ2v) is 6.21. The average Bonchev–Trinajstić information content (AvgIpc) is 2.46. The molecule has 0 aromatic heterocycles. The molecule has 0 aliphatic heterocycles. The maximum Gasteiger partial charge on any atom is 0.253 e. The molecule has 1 aliphatic rings. The summed E-state index contributed by atoms with van der Waals surface area (Å²) in [4.78, 5) is 14.7. The number of thiocarbonyl (C=S) groups is 1. The lowest BCUT2D eigenvalue weighted by molar-refractivity contribution is 0.0679. The van der Waals surface area contributed by atoms with Gasteiger partial charge in [-0.2, -0.15) is 0 Å². The van der Waals surface area contributed by atoms with Gasteiger partial charge in [0.1, 0.15) is 4.99 Å². The van der Waals surface area contributed by atoms with Gasteiger partial charge in [0.25, 0.3) is 5.91 Å². The molecule has 0 saturated heterocycles. The number of nitrogens with two attached hydrogens (primary N) is 1. The summed E-state index contributed by atoms with van der Waals surface area (Å²) in [6, 6.07) is 7.60. The Morgan fingerprint density at radius 3 is 2.15 bits per heavy atom. The molecule has 3 nitrogen and oxygen atoms in total. The van der Waals surface area contributed by atoms with Gasteiger partial charge in [-0.3, -0.25) is 4.79 Å². The van der Waals surface area contributed by atoms with Crippen LogP contribution in [0.1, 0.15) is 48.5 Å². The number of nitrogens with zero attached hydrogens (tertiary/aromatic N) is 1. The van der Waals surface area contributed by atoms with E-state index in [2.05, 4.69) is 6.92 Å². The fourth-order valence-corrected chi connectivity index (χ4v) is 2.91. The van der Waals surface area contributed by atoms with Crippen molar-refractivity contribution in [2.24, 2.45) is 11.7 Å². The van der Waals surface area contributed by atoms with Crippen LogP contribution in [0.2, 0.25) is 0 Å². The first-order valence-corrected chi connectivity index (χ1v) is 7.57. The Morgan fingerprint density at radius 1 is 1.15 bits per heavy atom. The number of benzene rings is 1. The molecule has 1 saturated carbocycles. The van der Waals surface area contributed by atoms with E-state index in [0.29, 0.717) is 16.6 Å². The summed E-state index contributed by atoms with van der Waals surface area (Å²) in [5, 5.41) is 0. The quantitative estimate of drug-likeness (QED) is 0.871. The van der Waals surface area contributed by atoms with E-state index < -0.39 is 0 Å². The number of hydrogen-bond acceptors (Lipinski definition) is 2. The fourth-order valence-electron chi connectivity index (χ4n) is 2.78. The monoisotopic (exact) mass is 290 g/mol. The van der Waals surface area contributed by atoms with E-state index in [1.165, 1.54) is 12.8 Å². The molecule has 0 bridgehead atoms. The second-order valence-electron chi connectivity index (χ2n) is 5.77. The van der Waals surface area contributed by atoms with Gasteiger partial charge in [-0.15, -0.1) is 0 Å². The molecule has 108 valence electrons. The minimum absolute atomic E-state index is 0.0824. The third-order valence-corrected chi connectivity index (χ3v) is 4.51. The van der Waals surface area contributed by atoms with Gasteiger partial charge < -0.3 is 10.6 Å². The predicted octanol–water partition coefficient (Wildman–Crippen LogP) is 2.97. The van der Waals surface area contributed by atoms with Gasteiger partial charge >= 0.3 is 0 Å². The second kappa shape index (κ2) is 6.35. The first-order valence-electron chi connectivity index (χ1n) is 7.16. The number of rotatable bonds is 3. The van der Waals surface area contributed by atoms with Gasteiger partial charge in [-0.25, -0.2) is 0 Å². The molecule has 1 fully saturated rings. The van der Waals surface area contributed by atoms with Gasteiger partial charge in [0.15, 0.2) is 0 Å². The molecule has 1 amide bonds. The van der Waals surface area contributed by atoms with Crippen LogP contribution in [0, 0.1) is 5.92 Å². The van der Waals surface area contributed by atoms with E-state index in [9.17, 15) is 4.79 Å². The Morgan fingerprint density at radius 2 is 1.65 bits per heavy atom. The first-order chi connectivity index (χ1) is 9.49. The molecule has 1 aromatic carbocycles. The van der Waals surface area contributed by atoms with Crippen molar-refractivity contribution < 1.29 is 4.79 Å². The van der Waals surface area contributed by atoms with Crippen molar-refractivity contribution in [3.63, 3.8) is 0 Å². The highest BCUT2D eigenvalue weighted by Crippen LogP contribution is 2.27. The molecule has 0 heterocycles. The summed E-state index contributed by atoms with van der Waals surface area (Å²) >= 11 is 4.92. The highest BCUT2D eigenvalue weighted by atomic mass is 32.1. The summed E-state index contributed by atoms with van der Waals surface area (Å²) in [6.07, 6.45) is 4.63. The van der Waals surface area contributed by atoms with Crippen molar-refractivity contribution in [3.05, 3.63) is 35.4 Å². The van der Waals surface area contributed by atoms with E-state index in [0.717, 1.165) is 24.3 Å². The van der Waals surface area contributed by atoms with Gasteiger partial charge in [0.05, 0.1) is 0 Å². The summed E-state index contributed by atoms with van der Waals surface area (Å²) in [6.45, 7) is 2.28. The molecule has 0 spiro atoms. The maximum atomic E-state index is 12.5. The van der Waals surface area contributed by atoms with Gasteiger partial charge in [0.2, 0.25) is 0 Å². The van der Waals surface area contributed by atoms with Crippen molar-refractivity contribution >= 4 is 23.1 Å². The van der Waals surface area contributed by atoms with Crippen LogP contribution in [0.3, 0.4) is 0 Å². The Kier molecular flexibility index (Phi) is 4.76. The first kappa shape index (κ1) is 15.0. The van der Waals surface area contributed by atoms with E-state index in [1.807, 2.05) is 24.1 Å². The normalized spacial score (nSPS) is 22.3. The summed E-state index contributed by atoms with van der Waals surface area (Å²) < 4.78 is 0. The lowest BCUT2D eigenvalue weighted by atomic mass is 9.86. The maximum absolute atomic E-state index is 12.5. The van der Waals surface area contributed by atoms with E-state index in [-0.39, 0.29) is 5.91 Å². The van der Waals surface area contributed by atoms with Crippen LogP contribution >= 0.6 is 12.2 Å². The molecular formula is C16H22N2OS. The lowest BCUT2D eigenvalue weighted by Gasteiger charge is -2.33. The Bertz CT molecular complexity index is 490. The Labute approximate surface area is 126 Å². The number of amides is 1. The summed E-state index contributed by atoms with van der Waals surface area (Å²) in [5.41, 5.74) is 7.06. The molecule has 20 heavy (non-hydrogen) atoms. The Hall–Kier alpha value is -1.42. The summed E-state index contributed by atoms with van der Waals surface area (Å²) in [7, 11) is 1.91. The van der Waals surface area contributed by atoms with Crippen molar-refractivity contribution in [1.82, 2.24) is 4.90 Å². The van der Waals surface area contributed by atoms with Gasteiger partial charge in [0, 0.05) is 24.2 Å². The molecule has 0 radical (unpaired) electrons. The molecule has 4 heteroatoms. The highest BCUT2D eigenvalue weighted by Gasteiger charge is 2.25. The van der Waals surface area contributed by atoms with Crippen LogP contribution < -0.4 is 5.73 Å². The van der Waals surface area contributed by atoms with Crippen LogP contribution in [0.5, 0.6) is 0 Å². The zero-order valence-corrected chi connectivity index (χ0v) is 13.0. The van der Waals surface area contributed by atoms with Crippen LogP contribution in [-0.4, -0.2) is 28.9 Å². The van der Waals surface area contributed by atoms with Gasteiger partial charge in [-0.1, -0.05) is 31.3 Å². The van der Waals surface area contributed by atoms with Gasteiger partial charge in [-0.05, 0) is 43.7 Å². The minimum atomic E-state index is 0.0824. The zero-order chi connectivity index (χ0) is 14.7. The van der Waals surface area contributed by atoms with E-state index >= 15 is 0 Å². The zero-order valence-electron chi connectivity index (χ0n) is 12.1. The number of hydrogen-bond donors (Lipinski definition) is 1. The third-order valence-electron chi connectivity index (χ3n) is 4.27. The largest absolute Gasteiger partial charge is 0.389 e. The van der Waals surface area contributed by atoms with Crippen LogP contribution in [0.4, 0.5) is 0 Å². The van der Waals surface area contributed by atoms with Crippen molar-refractivity contribution in [2.75, 3.05) is 7.05 Å². The fraction of sp³-hybridized carbons (Fsp3) is 0.500. The third kappa shape index (κ3) is 3.37. The van der Waals surface area contributed by atoms with Crippen LogP contribution in [0.25, 0.3) is 0 Å². The number of carbonyl (C=O) groups excluding carboxylic acids is 1. The van der Waals surface area contributed by atoms with Crippen molar-refractivity contribution in [1.29, 1.82) is 0 Å². The molecular weight excluding hydrogens is 268 g/mol. The predicted molar refractivity (Wildman–Crippen MR) is 85.8 cm³/mol. The number of carbonyl (C=O) groups is 1. The molecule has 1 aliphatic carbocycles. The SMILES string of the molecule is CC1CCC(N(C)C(=O)c2ccc(C(N)=S)cc2)CC1. The molecule has 0 unspecified atom stereocenters. The highest BCUT2D eigenvalue weighted by molar-refractivity contribution is 7.80. The van der Waals surface area contributed by atoms with Crippen LogP contribution in [0.15, 0.2) is 24.3 Å². The topological polar surface area (TPSA) is 46.3 Å². The Balaban J connectivity index is 2.04. The minimum Gasteiger partial charge on any atom is -0.389 e. The van der Waals surface area contributed by atoms with Crippen LogP contribution in [-0.2, 0) is 0 Å². The molecule has 2 N–H and O–H groups in total. The summed E-state index contributed by atoms with van der Waals surface area (Å²) in [5.74, 6) is 0.874. The molecule has 1 aromatic rings. The van der Waals surface area contributed by atoms with E-state index in [4.69, 9.17) is 18.0 Å². The van der Waals surface area contributed by atoms with Crippen molar-refractivity contribution in [2.45, 2.75) is 38.6 Å². The average molecular weight is 290 g/mol. The lowest BCUT2D eigenvalue weighted by Crippen LogP contribution is -2.39. The van der Waals surface area contributed by atoms with Crippen molar-refractivity contribution in [3.8, 4) is 0 Å². The standard InChI is InChI=1S/C16H22N2OS/c1-11-3-9-14(10-4-11)18(2)16(19)13-7-5-12(6-8-13)15(17)20/h5-8,11,14H,3-4,9-10H2,1-2H3,(H2,17,20). The van der Waals surface area contributed by atoms with E-state index in [1.54, 1.807) is 12.1 Å².